The summed E-state index contributed by atoms with van der Waals surface area (Å²) >= 11 is 1.37. The predicted octanol–water partition coefficient (Wildman–Crippen LogP) is 5.09. The molecule has 170 valence electrons. The van der Waals surface area contributed by atoms with Crippen LogP contribution in [0.3, 0.4) is 0 Å². The molecule has 1 aliphatic rings. The number of amides is 2. The first-order chi connectivity index (χ1) is 17.2. The largest absolute Gasteiger partial charge is 0.340 e. The van der Waals surface area contributed by atoms with E-state index in [4.69, 9.17) is 0 Å². The van der Waals surface area contributed by atoms with Gasteiger partial charge in [0.1, 0.15) is 17.1 Å². The fourth-order valence-corrected chi connectivity index (χ4v) is 4.65. The molecule has 0 saturated carbocycles. The van der Waals surface area contributed by atoms with Gasteiger partial charge < -0.3 is 10.6 Å². The topological polar surface area (TPSA) is 124 Å². The van der Waals surface area contributed by atoms with E-state index in [2.05, 4.69) is 36.1 Å². The van der Waals surface area contributed by atoms with Crippen LogP contribution in [0.2, 0.25) is 0 Å². The van der Waals surface area contributed by atoms with Crippen molar-refractivity contribution in [1.29, 1.82) is 0 Å². The van der Waals surface area contributed by atoms with Gasteiger partial charge in [-0.3, -0.25) is 20.0 Å². The summed E-state index contributed by atoms with van der Waals surface area (Å²) in [6.45, 7) is 0. The molecular formula is C25H17N7O2S. The molecule has 0 radical (unpaired) electrons. The number of aromatic nitrogens is 3. The highest BCUT2D eigenvalue weighted by molar-refractivity contribution is 7.22. The second kappa shape index (κ2) is 8.50. The zero-order valence-electron chi connectivity index (χ0n) is 18.1. The summed E-state index contributed by atoms with van der Waals surface area (Å²) in [6.07, 6.45) is 0. The molecule has 3 aromatic carbocycles. The smallest absolute Gasteiger partial charge is 0.275 e. The Kier molecular flexibility index (Phi) is 5.04. The van der Waals surface area contributed by atoms with Crippen molar-refractivity contribution in [2.45, 2.75) is 0 Å². The lowest BCUT2D eigenvalue weighted by molar-refractivity contribution is -0.110. The van der Waals surface area contributed by atoms with Crippen LogP contribution in [0.15, 0.2) is 83.9 Å². The molecule has 9 nitrogen and oxygen atoms in total. The summed E-state index contributed by atoms with van der Waals surface area (Å²) in [5.74, 6) is -0.378. The quantitative estimate of drug-likeness (QED) is 0.280. The number of rotatable bonds is 5. The number of aromatic amines is 1. The van der Waals surface area contributed by atoms with E-state index in [0.29, 0.717) is 22.2 Å². The molecule has 0 unspecified atom stereocenters. The Bertz CT molecular complexity index is 1590. The number of thiazole rings is 1. The highest BCUT2D eigenvalue weighted by atomic mass is 32.1. The fraction of sp³-hybridized carbons (Fsp3) is 0. The van der Waals surface area contributed by atoms with E-state index in [1.165, 1.54) is 11.3 Å². The molecule has 6 rings (SSSR count). The van der Waals surface area contributed by atoms with Crippen molar-refractivity contribution in [2.24, 2.45) is 4.99 Å². The molecule has 0 saturated heterocycles. The molecule has 0 aliphatic carbocycles. The summed E-state index contributed by atoms with van der Waals surface area (Å²) < 4.78 is 0.956. The Morgan fingerprint density at radius 3 is 2.57 bits per heavy atom. The minimum absolute atomic E-state index is 0.0869. The van der Waals surface area contributed by atoms with Gasteiger partial charge in [0.25, 0.3) is 11.8 Å². The van der Waals surface area contributed by atoms with Crippen LogP contribution in [-0.2, 0) is 4.79 Å². The number of carbonyl (C=O) groups excluding carboxylic acids is 2. The van der Waals surface area contributed by atoms with Crippen molar-refractivity contribution >= 4 is 67.2 Å². The van der Waals surface area contributed by atoms with Crippen LogP contribution >= 0.6 is 11.3 Å². The maximum Gasteiger partial charge on any atom is 0.275 e. The standard InChI is InChI=1S/C25H17N7O2S/c33-23(30-25-28-17-12-6-7-13-18(17)35-25)19-21(26-14-8-2-1-3-9-14)31-32-22(19)29-20-15-10-4-5-11-16(15)27-24(20)34/h1-13H,(H,28,30,33)(H3,26,27,29,31,32,34). The van der Waals surface area contributed by atoms with Crippen LogP contribution in [0.4, 0.5) is 28.1 Å². The van der Waals surface area contributed by atoms with Gasteiger partial charge in [-0.15, -0.1) is 0 Å². The SMILES string of the molecule is O=C1Nc2ccccc2C1=Nc1n[nH]c(Nc2ccccc2)c1C(=O)Nc1nc2ccccc2s1. The third-order valence-electron chi connectivity index (χ3n) is 5.39. The van der Waals surface area contributed by atoms with Crippen LogP contribution in [0, 0.1) is 0 Å². The Morgan fingerprint density at radius 2 is 1.71 bits per heavy atom. The maximum atomic E-state index is 13.5. The number of nitrogens with zero attached hydrogens (tertiary/aromatic N) is 3. The molecule has 35 heavy (non-hydrogen) atoms. The summed E-state index contributed by atoms with van der Waals surface area (Å²) in [7, 11) is 0. The lowest BCUT2D eigenvalue weighted by Crippen LogP contribution is -2.15. The van der Waals surface area contributed by atoms with E-state index in [9.17, 15) is 9.59 Å². The zero-order valence-corrected chi connectivity index (χ0v) is 18.9. The Balaban J connectivity index is 1.41. The fourth-order valence-electron chi connectivity index (χ4n) is 3.79. The normalized spacial score (nSPS) is 13.6. The van der Waals surface area contributed by atoms with E-state index in [1.807, 2.05) is 66.7 Å². The average molecular weight is 480 g/mol. The highest BCUT2D eigenvalue weighted by Crippen LogP contribution is 2.32. The Labute approximate surface area is 202 Å². The molecule has 3 heterocycles. The van der Waals surface area contributed by atoms with Crippen LogP contribution < -0.4 is 16.0 Å². The minimum Gasteiger partial charge on any atom is -0.340 e. The summed E-state index contributed by atoms with van der Waals surface area (Å²) in [5.41, 5.74) is 3.21. The third kappa shape index (κ3) is 3.91. The molecule has 1 aliphatic heterocycles. The van der Waals surface area contributed by atoms with Crippen molar-refractivity contribution in [1.82, 2.24) is 15.2 Å². The average Bonchev–Trinajstić information content (AvgIpc) is 3.55. The molecule has 0 bridgehead atoms. The number of para-hydroxylation sites is 3. The van der Waals surface area contributed by atoms with Crippen molar-refractivity contribution in [3.63, 3.8) is 0 Å². The minimum atomic E-state index is -0.456. The first-order valence-electron chi connectivity index (χ1n) is 10.7. The van der Waals surface area contributed by atoms with Gasteiger partial charge in [0, 0.05) is 11.3 Å². The second-order valence-electron chi connectivity index (χ2n) is 7.69. The number of carbonyl (C=O) groups is 2. The number of H-pyrrole nitrogens is 1. The lowest BCUT2D eigenvalue weighted by Gasteiger charge is -2.07. The van der Waals surface area contributed by atoms with Gasteiger partial charge in [0.05, 0.1) is 15.9 Å². The number of nitrogens with one attached hydrogen (secondary N) is 4. The first kappa shape index (κ1) is 20.8. The van der Waals surface area contributed by atoms with E-state index >= 15 is 0 Å². The number of hydrogen-bond donors (Lipinski definition) is 4. The summed E-state index contributed by atoms with van der Waals surface area (Å²) in [4.78, 5) is 35.1. The first-order valence-corrected chi connectivity index (χ1v) is 11.5. The molecule has 10 heteroatoms. The molecule has 0 fully saturated rings. The van der Waals surface area contributed by atoms with Gasteiger partial charge in [0.15, 0.2) is 10.9 Å². The molecule has 0 atom stereocenters. The summed E-state index contributed by atoms with van der Waals surface area (Å²) in [5, 5.41) is 16.4. The lowest BCUT2D eigenvalue weighted by atomic mass is 10.1. The van der Waals surface area contributed by atoms with Gasteiger partial charge in [0.2, 0.25) is 0 Å². The molecule has 4 N–H and O–H groups in total. The van der Waals surface area contributed by atoms with Crippen LogP contribution in [0.5, 0.6) is 0 Å². The van der Waals surface area contributed by atoms with Gasteiger partial charge in [-0.1, -0.05) is 59.9 Å². The van der Waals surface area contributed by atoms with Gasteiger partial charge >= 0.3 is 0 Å². The van der Waals surface area contributed by atoms with Gasteiger partial charge in [-0.2, -0.15) is 5.10 Å². The third-order valence-corrected chi connectivity index (χ3v) is 6.35. The van der Waals surface area contributed by atoms with Crippen LogP contribution in [-0.4, -0.2) is 32.7 Å². The number of fused-ring (bicyclic) bond motifs is 2. The number of aliphatic imine (C=N–C) groups is 1. The van der Waals surface area contributed by atoms with Gasteiger partial charge in [-0.05, 0) is 30.3 Å². The van der Waals surface area contributed by atoms with Gasteiger partial charge in [-0.25, -0.2) is 9.98 Å². The van der Waals surface area contributed by atoms with E-state index in [0.717, 1.165) is 15.9 Å². The number of hydrogen-bond acceptors (Lipinski definition) is 7. The van der Waals surface area contributed by atoms with Crippen LogP contribution in [0.1, 0.15) is 15.9 Å². The van der Waals surface area contributed by atoms with E-state index in [-0.39, 0.29) is 23.0 Å². The van der Waals surface area contributed by atoms with Crippen LogP contribution in [0.25, 0.3) is 10.2 Å². The second-order valence-corrected chi connectivity index (χ2v) is 8.72. The van der Waals surface area contributed by atoms with Crippen molar-refractivity contribution in [2.75, 3.05) is 16.0 Å². The molecule has 2 aromatic heterocycles. The van der Waals surface area contributed by atoms with Crippen molar-refractivity contribution < 1.29 is 9.59 Å². The molecule has 2 amide bonds. The molecular weight excluding hydrogens is 462 g/mol. The van der Waals surface area contributed by atoms with E-state index in [1.54, 1.807) is 12.1 Å². The molecule has 5 aromatic rings. The summed E-state index contributed by atoms with van der Waals surface area (Å²) in [6, 6.07) is 24.3. The highest BCUT2D eigenvalue weighted by Gasteiger charge is 2.28. The van der Waals surface area contributed by atoms with Crippen molar-refractivity contribution in [3.05, 3.63) is 90.0 Å². The Hall–Kier alpha value is -4.83. The zero-order chi connectivity index (χ0) is 23.8. The van der Waals surface area contributed by atoms with Crippen molar-refractivity contribution in [3.8, 4) is 0 Å². The Morgan fingerprint density at radius 1 is 0.943 bits per heavy atom. The number of benzene rings is 3. The molecule has 0 spiro atoms. The monoisotopic (exact) mass is 479 g/mol. The predicted molar refractivity (Wildman–Crippen MR) is 137 cm³/mol. The van der Waals surface area contributed by atoms with E-state index < -0.39 is 5.91 Å². The number of anilines is 4. The maximum absolute atomic E-state index is 13.5.